The summed E-state index contributed by atoms with van der Waals surface area (Å²) in [5, 5.41) is 3.31. The predicted octanol–water partition coefficient (Wildman–Crippen LogP) is 2.27. The van der Waals surface area contributed by atoms with Gasteiger partial charge in [-0.3, -0.25) is 4.79 Å². The molecule has 3 nitrogen and oxygen atoms in total. The van der Waals surface area contributed by atoms with Crippen LogP contribution in [0.5, 0.6) is 0 Å². The third-order valence-electron chi connectivity index (χ3n) is 3.70. The van der Waals surface area contributed by atoms with Gasteiger partial charge in [-0.2, -0.15) is 0 Å². The van der Waals surface area contributed by atoms with Crippen molar-refractivity contribution < 1.29 is 4.79 Å². The summed E-state index contributed by atoms with van der Waals surface area (Å²) in [6, 6.07) is 9.00. The number of carbonyl (C=O) groups excluding carboxylic acids is 1. The second-order valence-corrected chi connectivity index (χ2v) is 5.19. The molecule has 1 N–H and O–H groups in total. The van der Waals surface area contributed by atoms with Crippen LogP contribution in [0, 0.1) is 6.92 Å². The Kier molecular flexibility index (Phi) is 4.02. The molecule has 1 fully saturated rings. The molecular formula is C15H22N2O. The van der Waals surface area contributed by atoms with Gasteiger partial charge >= 0.3 is 0 Å². The number of likely N-dealkylation sites (N-methyl/N-ethyl adjacent to an activating group) is 1. The lowest BCUT2D eigenvalue weighted by Gasteiger charge is -2.20. The third-order valence-corrected chi connectivity index (χ3v) is 3.70. The summed E-state index contributed by atoms with van der Waals surface area (Å²) < 4.78 is 0. The van der Waals surface area contributed by atoms with E-state index in [4.69, 9.17) is 0 Å². The van der Waals surface area contributed by atoms with E-state index in [1.165, 1.54) is 11.1 Å². The highest BCUT2D eigenvalue weighted by molar-refractivity contribution is 5.78. The molecule has 1 aromatic carbocycles. The van der Waals surface area contributed by atoms with Gasteiger partial charge in [0, 0.05) is 19.1 Å². The van der Waals surface area contributed by atoms with Gasteiger partial charge in [0.15, 0.2) is 0 Å². The van der Waals surface area contributed by atoms with Crippen LogP contribution in [0.1, 0.15) is 36.9 Å². The molecule has 98 valence electrons. The van der Waals surface area contributed by atoms with Crippen molar-refractivity contribution in [3.8, 4) is 0 Å². The zero-order chi connectivity index (χ0) is 13.1. The van der Waals surface area contributed by atoms with Crippen molar-refractivity contribution in [2.75, 3.05) is 13.6 Å². The Morgan fingerprint density at radius 1 is 1.44 bits per heavy atom. The van der Waals surface area contributed by atoms with E-state index in [0.717, 1.165) is 12.8 Å². The van der Waals surface area contributed by atoms with Crippen LogP contribution in [0.15, 0.2) is 24.3 Å². The Bertz CT molecular complexity index is 426. The molecule has 0 heterocycles. The minimum absolute atomic E-state index is 0.193. The lowest BCUT2D eigenvalue weighted by molar-refractivity contribution is -0.129. The average molecular weight is 246 g/mol. The van der Waals surface area contributed by atoms with Gasteiger partial charge in [-0.15, -0.1) is 0 Å². The fourth-order valence-corrected chi connectivity index (χ4v) is 2.21. The molecule has 1 saturated carbocycles. The number of carbonyl (C=O) groups is 1. The van der Waals surface area contributed by atoms with Crippen LogP contribution in [0.3, 0.4) is 0 Å². The van der Waals surface area contributed by atoms with Crippen molar-refractivity contribution in [2.24, 2.45) is 0 Å². The first-order valence-corrected chi connectivity index (χ1v) is 6.64. The summed E-state index contributed by atoms with van der Waals surface area (Å²) in [5.41, 5.74) is 2.53. The molecule has 1 unspecified atom stereocenters. The molecule has 0 bridgehead atoms. The summed E-state index contributed by atoms with van der Waals surface area (Å²) in [6.07, 6.45) is 2.32. The zero-order valence-electron chi connectivity index (χ0n) is 11.4. The fraction of sp³-hybridized carbons (Fsp3) is 0.533. The van der Waals surface area contributed by atoms with Gasteiger partial charge in [-0.1, -0.05) is 24.3 Å². The van der Waals surface area contributed by atoms with Gasteiger partial charge in [0.1, 0.15) is 0 Å². The molecule has 0 aliphatic heterocycles. The van der Waals surface area contributed by atoms with E-state index in [1.54, 1.807) is 0 Å². The Labute approximate surface area is 109 Å². The number of nitrogens with zero attached hydrogens (tertiary/aromatic N) is 1. The first-order chi connectivity index (χ1) is 8.59. The second kappa shape index (κ2) is 5.53. The highest BCUT2D eigenvalue weighted by Crippen LogP contribution is 2.25. The SMILES string of the molecule is Cc1ccccc1C(C)NCC(=O)N(C)C1CC1. The summed E-state index contributed by atoms with van der Waals surface area (Å²) in [5.74, 6) is 0.193. The lowest BCUT2D eigenvalue weighted by atomic mass is 10.0. The van der Waals surface area contributed by atoms with Crippen LogP contribution in [0.25, 0.3) is 0 Å². The van der Waals surface area contributed by atoms with Crippen LogP contribution in [-0.2, 0) is 4.79 Å². The van der Waals surface area contributed by atoms with Crippen molar-refractivity contribution in [3.63, 3.8) is 0 Å². The van der Waals surface area contributed by atoms with Crippen molar-refractivity contribution in [1.29, 1.82) is 0 Å². The van der Waals surface area contributed by atoms with Crippen molar-refractivity contribution >= 4 is 5.91 Å². The normalized spacial score (nSPS) is 16.4. The molecule has 2 rings (SSSR count). The van der Waals surface area contributed by atoms with E-state index >= 15 is 0 Å². The first-order valence-electron chi connectivity index (χ1n) is 6.64. The Hall–Kier alpha value is -1.35. The number of aryl methyl sites for hydroxylation is 1. The van der Waals surface area contributed by atoms with Gasteiger partial charge in [-0.05, 0) is 37.8 Å². The van der Waals surface area contributed by atoms with Gasteiger partial charge in [0.2, 0.25) is 5.91 Å². The molecular weight excluding hydrogens is 224 g/mol. The number of benzene rings is 1. The maximum atomic E-state index is 11.9. The molecule has 18 heavy (non-hydrogen) atoms. The highest BCUT2D eigenvalue weighted by Gasteiger charge is 2.29. The first kappa shape index (κ1) is 13.1. The van der Waals surface area contributed by atoms with Gasteiger partial charge in [-0.25, -0.2) is 0 Å². The highest BCUT2D eigenvalue weighted by atomic mass is 16.2. The van der Waals surface area contributed by atoms with E-state index < -0.39 is 0 Å². The molecule has 1 amide bonds. The monoisotopic (exact) mass is 246 g/mol. The number of nitrogens with one attached hydrogen (secondary N) is 1. The van der Waals surface area contributed by atoms with Gasteiger partial charge in [0.25, 0.3) is 0 Å². The molecule has 1 aliphatic rings. The van der Waals surface area contributed by atoms with Crippen LogP contribution in [-0.4, -0.2) is 30.4 Å². The molecule has 0 radical (unpaired) electrons. The molecule has 0 saturated heterocycles. The fourth-order valence-electron chi connectivity index (χ4n) is 2.21. The van der Waals surface area contributed by atoms with Crippen LogP contribution in [0.2, 0.25) is 0 Å². The van der Waals surface area contributed by atoms with Crippen molar-refractivity contribution in [1.82, 2.24) is 10.2 Å². The number of rotatable bonds is 5. The maximum Gasteiger partial charge on any atom is 0.236 e. The van der Waals surface area contributed by atoms with E-state index in [2.05, 4.69) is 31.3 Å². The summed E-state index contributed by atoms with van der Waals surface area (Å²) in [4.78, 5) is 13.8. The molecule has 0 aromatic heterocycles. The summed E-state index contributed by atoms with van der Waals surface area (Å²) in [6.45, 7) is 4.63. The van der Waals surface area contributed by atoms with Gasteiger partial charge < -0.3 is 10.2 Å². The van der Waals surface area contributed by atoms with Crippen LogP contribution in [0.4, 0.5) is 0 Å². The molecule has 1 aromatic rings. The predicted molar refractivity (Wildman–Crippen MR) is 73.4 cm³/mol. The Morgan fingerprint density at radius 3 is 2.72 bits per heavy atom. The van der Waals surface area contributed by atoms with E-state index in [9.17, 15) is 4.79 Å². The topological polar surface area (TPSA) is 32.3 Å². The van der Waals surface area contributed by atoms with Crippen molar-refractivity contribution in [3.05, 3.63) is 35.4 Å². The van der Waals surface area contributed by atoms with Crippen LogP contribution >= 0.6 is 0 Å². The number of hydrogen-bond donors (Lipinski definition) is 1. The standard InChI is InChI=1S/C15H22N2O/c1-11-6-4-5-7-14(11)12(2)16-10-15(18)17(3)13-8-9-13/h4-7,12-13,16H,8-10H2,1-3H3. The lowest BCUT2D eigenvalue weighted by Crippen LogP contribution is -2.37. The molecule has 3 heteroatoms. The van der Waals surface area contributed by atoms with E-state index in [0.29, 0.717) is 12.6 Å². The Morgan fingerprint density at radius 2 is 2.11 bits per heavy atom. The minimum atomic E-state index is 0.193. The minimum Gasteiger partial charge on any atom is -0.342 e. The van der Waals surface area contributed by atoms with E-state index in [1.807, 2.05) is 24.1 Å². The third kappa shape index (κ3) is 3.10. The van der Waals surface area contributed by atoms with Gasteiger partial charge in [0.05, 0.1) is 6.54 Å². The summed E-state index contributed by atoms with van der Waals surface area (Å²) >= 11 is 0. The molecule has 1 aliphatic carbocycles. The number of amides is 1. The quantitative estimate of drug-likeness (QED) is 0.864. The molecule has 1 atom stereocenters. The average Bonchev–Trinajstić information content (AvgIpc) is 3.19. The molecule has 0 spiro atoms. The van der Waals surface area contributed by atoms with E-state index in [-0.39, 0.29) is 11.9 Å². The van der Waals surface area contributed by atoms with Crippen LogP contribution < -0.4 is 5.32 Å². The largest absolute Gasteiger partial charge is 0.342 e. The second-order valence-electron chi connectivity index (χ2n) is 5.19. The van der Waals surface area contributed by atoms with Crippen molar-refractivity contribution in [2.45, 2.75) is 38.8 Å². The Balaban J connectivity index is 1.86. The summed E-state index contributed by atoms with van der Waals surface area (Å²) in [7, 11) is 1.90. The number of hydrogen-bond acceptors (Lipinski definition) is 2. The zero-order valence-corrected chi connectivity index (χ0v) is 11.4. The smallest absolute Gasteiger partial charge is 0.236 e. The maximum absolute atomic E-state index is 11.9.